The van der Waals surface area contributed by atoms with Gasteiger partial charge in [0.25, 0.3) is 5.91 Å². The molecule has 0 saturated heterocycles. The number of rotatable bonds is 8. The van der Waals surface area contributed by atoms with Crippen LogP contribution in [0.1, 0.15) is 16.7 Å². The zero-order valence-corrected chi connectivity index (χ0v) is 18.6. The Morgan fingerprint density at radius 1 is 1.03 bits per heavy atom. The third-order valence-corrected chi connectivity index (χ3v) is 5.17. The molecule has 0 aliphatic heterocycles. The van der Waals surface area contributed by atoms with E-state index in [1.807, 2.05) is 66.7 Å². The molecule has 6 heteroatoms. The molecule has 0 aliphatic rings. The molecular weight excluding hydrogens is 456 g/mol. The van der Waals surface area contributed by atoms with E-state index < -0.39 is 5.91 Å². The largest absolute Gasteiger partial charge is 0.493 e. The number of nitrogens with one attached hydrogen (secondary N) is 1. The Bertz CT molecular complexity index is 1110. The molecule has 0 aromatic heterocycles. The van der Waals surface area contributed by atoms with E-state index in [1.165, 1.54) is 6.08 Å². The number of methoxy groups -OCH3 is 1. The predicted octanol–water partition coefficient (Wildman–Crippen LogP) is 5.26. The third kappa shape index (κ3) is 6.21. The number of amides is 1. The summed E-state index contributed by atoms with van der Waals surface area (Å²) >= 11 is 3.50. The molecule has 0 saturated carbocycles. The van der Waals surface area contributed by atoms with Crippen LogP contribution >= 0.6 is 15.9 Å². The van der Waals surface area contributed by atoms with Crippen LogP contribution in [-0.2, 0) is 17.9 Å². The van der Waals surface area contributed by atoms with Crippen LogP contribution in [0.3, 0.4) is 0 Å². The summed E-state index contributed by atoms with van der Waals surface area (Å²) < 4.78 is 12.0. The minimum absolute atomic E-state index is 0.00311. The fourth-order valence-corrected chi connectivity index (χ4v) is 3.28. The number of nitrogens with zero attached hydrogens (tertiary/aromatic N) is 1. The molecule has 0 unspecified atom stereocenters. The van der Waals surface area contributed by atoms with Crippen LogP contribution in [0.4, 0.5) is 0 Å². The first-order valence-electron chi connectivity index (χ1n) is 9.59. The quantitative estimate of drug-likeness (QED) is 0.355. The molecule has 0 heterocycles. The monoisotopic (exact) mass is 476 g/mol. The van der Waals surface area contributed by atoms with Crippen molar-refractivity contribution in [1.29, 1.82) is 5.26 Å². The first-order chi connectivity index (χ1) is 15.1. The highest BCUT2D eigenvalue weighted by molar-refractivity contribution is 9.10. The van der Waals surface area contributed by atoms with E-state index in [9.17, 15) is 10.1 Å². The highest BCUT2D eigenvalue weighted by atomic mass is 79.9. The van der Waals surface area contributed by atoms with E-state index in [0.29, 0.717) is 34.7 Å². The SMILES string of the molecule is COc1cc(/C=C(/C#N)C(=O)NCc2ccccc2)c(Br)cc1OCc1ccccc1. The minimum atomic E-state index is -0.443. The number of hydrogen-bond acceptors (Lipinski definition) is 4. The topological polar surface area (TPSA) is 71.3 Å². The van der Waals surface area contributed by atoms with Gasteiger partial charge in [0, 0.05) is 11.0 Å². The van der Waals surface area contributed by atoms with Crippen LogP contribution in [0.5, 0.6) is 11.5 Å². The molecule has 0 fully saturated rings. The van der Waals surface area contributed by atoms with Crippen molar-refractivity contribution in [2.24, 2.45) is 0 Å². The lowest BCUT2D eigenvalue weighted by Gasteiger charge is -2.13. The second kappa shape index (κ2) is 11.0. The van der Waals surface area contributed by atoms with Gasteiger partial charge in [0.2, 0.25) is 0 Å². The van der Waals surface area contributed by atoms with Gasteiger partial charge in [0.15, 0.2) is 11.5 Å². The van der Waals surface area contributed by atoms with Crippen LogP contribution in [0, 0.1) is 11.3 Å². The minimum Gasteiger partial charge on any atom is -0.493 e. The number of nitriles is 1. The smallest absolute Gasteiger partial charge is 0.262 e. The van der Waals surface area contributed by atoms with Crippen molar-refractivity contribution in [3.63, 3.8) is 0 Å². The summed E-state index contributed by atoms with van der Waals surface area (Å²) in [5, 5.41) is 12.3. The molecule has 1 amide bonds. The first-order valence-corrected chi connectivity index (χ1v) is 10.4. The van der Waals surface area contributed by atoms with Crippen molar-refractivity contribution in [3.8, 4) is 17.6 Å². The van der Waals surface area contributed by atoms with E-state index in [4.69, 9.17) is 9.47 Å². The second-order valence-electron chi connectivity index (χ2n) is 6.64. The molecule has 0 aliphatic carbocycles. The molecular formula is C25H21BrN2O3. The third-order valence-electron chi connectivity index (χ3n) is 4.48. The molecule has 0 radical (unpaired) electrons. The highest BCUT2D eigenvalue weighted by Crippen LogP contribution is 2.35. The summed E-state index contributed by atoms with van der Waals surface area (Å²) in [4.78, 5) is 12.5. The molecule has 0 bridgehead atoms. The summed E-state index contributed by atoms with van der Waals surface area (Å²) in [5.41, 5.74) is 2.62. The molecule has 1 N–H and O–H groups in total. The van der Waals surface area contributed by atoms with E-state index in [1.54, 1.807) is 19.2 Å². The molecule has 31 heavy (non-hydrogen) atoms. The van der Waals surface area contributed by atoms with Gasteiger partial charge in [-0.25, -0.2) is 0 Å². The van der Waals surface area contributed by atoms with Gasteiger partial charge in [-0.1, -0.05) is 76.6 Å². The molecule has 0 atom stereocenters. The Hall–Kier alpha value is -3.56. The van der Waals surface area contributed by atoms with Gasteiger partial charge < -0.3 is 14.8 Å². The lowest BCUT2D eigenvalue weighted by atomic mass is 10.1. The van der Waals surface area contributed by atoms with Crippen molar-refractivity contribution in [3.05, 3.63) is 99.5 Å². The lowest BCUT2D eigenvalue weighted by molar-refractivity contribution is -0.117. The van der Waals surface area contributed by atoms with Crippen LogP contribution < -0.4 is 14.8 Å². The van der Waals surface area contributed by atoms with Crippen LogP contribution in [-0.4, -0.2) is 13.0 Å². The maximum absolute atomic E-state index is 12.5. The Labute approximate surface area is 190 Å². The normalized spacial score (nSPS) is 10.8. The summed E-state index contributed by atoms with van der Waals surface area (Å²) in [7, 11) is 1.55. The van der Waals surface area contributed by atoms with Crippen molar-refractivity contribution < 1.29 is 14.3 Å². The fourth-order valence-electron chi connectivity index (χ4n) is 2.85. The zero-order valence-electron chi connectivity index (χ0n) is 17.0. The summed E-state index contributed by atoms with van der Waals surface area (Å²) in [6, 6.07) is 24.8. The molecule has 5 nitrogen and oxygen atoms in total. The number of hydrogen-bond donors (Lipinski definition) is 1. The zero-order chi connectivity index (χ0) is 22.1. The first kappa shape index (κ1) is 22.1. The Balaban J connectivity index is 1.76. The number of benzene rings is 3. The van der Waals surface area contributed by atoms with Crippen molar-refractivity contribution in [1.82, 2.24) is 5.32 Å². The van der Waals surface area contributed by atoms with E-state index >= 15 is 0 Å². The summed E-state index contributed by atoms with van der Waals surface area (Å²) in [6.07, 6.45) is 1.52. The molecule has 0 spiro atoms. The van der Waals surface area contributed by atoms with Crippen molar-refractivity contribution in [2.75, 3.05) is 7.11 Å². The maximum Gasteiger partial charge on any atom is 0.262 e. The number of halogens is 1. The van der Waals surface area contributed by atoms with E-state index in [2.05, 4.69) is 21.2 Å². The van der Waals surface area contributed by atoms with Gasteiger partial charge in [0.05, 0.1) is 7.11 Å². The number of ether oxygens (including phenoxy) is 2. The lowest BCUT2D eigenvalue weighted by Crippen LogP contribution is -2.23. The molecule has 3 aromatic carbocycles. The summed E-state index contributed by atoms with van der Waals surface area (Å²) in [6.45, 7) is 0.736. The maximum atomic E-state index is 12.5. The van der Waals surface area contributed by atoms with Crippen molar-refractivity contribution >= 4 is 27.9 Å². The summed E-state index contributed by atoms with van der Waals surface area (Å²) in [5.74, 6) is 0.622. The van der Waals surface area contributed by atoms with Gasteiger partial charge in [-0.2, -0.15) is 5.26 Å². The van der Waals surface area contributed by atoms with Crippen LogP contribution in [0.25, 0.3) is 6.08 Å². The molecule has 156 valence electrons. The van der Waals surface area contributed by atoms with Crippen LogP contribution in [0.2, 0.25) is 0 Å². The fraction of sp³-hybridized carbons (Fsp3) is 0.120. The van der Waals surface area contributed by atoms with Gasteiger partial charge in [-0.3, -0.25) is 4.79 Å². The Kier molecular flexibility index (Phi) is 7.85. The highest BCUT2D eigenvalue weighted by Gasteiger charge is 2.13. The average Bonchev–Trinajstić information content (AvgIpc) is 2.81. The average molecular weight is 477 g/mol. The van der Waals surface area contributed by atoms with E-state index in [0.717, 1.165) is 11.1 Å². The standard InChI is InChI=1S/C25H21BrN2O3/c1-30-23-13-20(22(26)14-24(23)31-17-19-10-6-3-7-11-19)12-21(15-27)25(29)28-16-18-8-4-2-5-9-18/h2-14H,16-17H2,1H3,(H,28,29)/b21-12-. The second-order valence-corrected chi connectivity index (χ2v) is 7.49. The number of carbonyl (C=O) groups excluding carboxylic acids is 1. The van der Waals surface area contributed by atoms with Crippen molar-refractivity contribution in [2.45, 2.75) is 13.2 Å². The van der Waals surface area contributed by atoms with Gasteiger partial charge in [-0.15, -0.1) is 0 Å². The van der Waals surface area contributed by atoms with Crippen LogP contribution in [0.15, 0.2) is 82.8 Å². The van der Waals surface area contributed by atoms with Gasteiger partial charge in [0.1, 0.15) is 18.2 Å². The molecule has 3 rings (SSSR count). The Morgan fingerprint density at radius 2 is 1.68 bits per heavy atom. The van der Waals surface area contributed by atoms with Gasteiger partial charge >= 0.3 is 0 Å². The molecule has 3 aromatic rings. The predicted molar refractivity (Wildman–Crippen MR) is 123 cm³/mol. The number of carbonyl (C=O) groups is 1. The van der Waals surface area contributed by atoms with Gasteiger partial charge in [-0.05, 0) is 34.9 Å². The van der Waals surface area contributed by atoms with E-state index in [-0.39, 0.29) is 5.57 Å². The Morgan fingerprint density at radius 3 is 2.29 bits per heavy atom.